The van der Waals surface area contributed by atoms with Gasteiger partial charge in [0.15, 0.2) is 0 Å². The van der Waals surface area contributed by atoms with E-state index in [4.69, 9.17) is 4.42 Å². The summed E-state index contributed by atoms with van der Waals surface area (Å²) >= 11 is 0. The Morgan fingerprint density at radius 2 is 2.08 bits per heavy atom. The monoisotopic (exact) mass is 389 g/mol. The summed E-state index contributed by atoms with van der Waals surface area (Å²) in [6, 6.07) is 3.50. The van der Waals surface area contributed by atoms with Crippen molar-refractivity contribution in [3.8, 4) is 11.6 Å². The summed E-state index contributed by atoms with van der Waals surface area (Å²) in [7, 11) is -5.02. The van der Waals surface area contributed by atoms with Crippen molar-refractivity contribution in [2.24, 2.45) is 0 Å². The topological polar surface area (TPSA) is 142 Å². The second kappa shape index (κ2) is 7.21. The van der Waals surface area contributed by atoms with Crippen LogP contribution in [0.2, 0.25) is 0 Å². The van der Waals surface area contributed by atoms with E-state index in [-0.39, 0.29) is 47.9 Å². The predicted molar refractivity (Wildman–Crippen MR) is 78.0 cm³/mol. The quantitative estimate of drug-likeness (QED) is 0.314. The van der Waals surface area contributed by atoms with Crippen molar-refractivity contribution >= 4 is 16.4 Å². The summed E-state index contributed by atoms with van der Waals surface area (Å²) in [5.41, 5.74) is 0.505. The van der Waals surface area contributed by atoms with Crippen LogP contribution in [0.15, 0.2) is 28.8 Å². The van der Waals surface area contributed by atoms with Gasteiger partial charge in [-0.05, 0) is 25.0 Å². The molecule has 2 saturated heterocycles. The molecule has 2 fully saturated rings. The molecule has 0 aliphatic carbocycles. The number of carbonyl (C=O) groups excluding carboxylic acids is 1. The molecule has 11 nitrogen and oxygen atoms in total. The van der Waals surface area contributed by atoms with E-state index in [0.29, 0.717) is 23.6 Å². The molecular formula is C13H12N5NaO6S. The van der Waals surface area contributed by atoms with Gasteiger partial charge in [-0.3, -0.25) is 4.98 Å². The van der Waals surface area contributed by atoms with Crippen molar-refractivity contribution in [1.29, 1.82) is 0 Å². The minimum atomic E-state index is -5.02. The number of hydrogen-bond acceptors (Lipinski definition) is 9. The van der Waals surface area contributed by atoms with Crippen LogP contribution < -0.4 is 29.6 Å². The number of hydroxylamine groups is 2. The van der Waals surface area contributed by atoms with E-state index >= 15 is 0 Å². The minimum Gasteiger partial charge on any atom is -0.724 e. The number of carbonyl (C=O) groups is 1. The fraction of sp³-hybridized carbons (Fsp3) is 0.385. The van der Waals surface area contributed by atoms with Crippen LogP contribution in [-0.4, -0.2) is 56.7 Å². The normalized spacial score (nSPS) is 22.4. The number of aromatic nitrogens is 3. The molecule has 0 N–H and O–H groups in total. The zero-order valence-corrected chi connectivity index (χ0v) is 16.5. The minimum absolute atomic E-state index is 0. The van der Waals surface area contributed by atoms with E-state index in [1.54, 1.807) is 24.4 Å². The summed E-state index contributed by atoms with van der Waals surface area (Å²) < 4.78 is 42.3. The Hall–Kier alpha value is -1.57. The maximum atomic E-state index is 12.3. The standard InChI is InChI=1S/C13H13N5O6S.Na/c19-13-17-7-8(18(13)24-25(20,21)22)4-5-10(17)12-16-15-11(23-12)9-3-1-2-6-14-9;/h1-3,6,8,10H,4-5,7H2,(H,20,21,22);/q;+1/p-1/t8-,10+;/m1./s1. The third-order valence-electron chi connectivity index (χ3n) is 4.10. The van der Waals surface area contributed by atoms with Crippen LogP contribution in [0.3, 0.4) is 0 Å². The van der Waals surface area contributed by atoms with Gasteiger partial charge in [-0.15, -0.1) is 10.2 Å². The number of piperidine rings is 1. The number of hydrogen-bond donors (Lipinski definition) is 0. The van der Waals surface area contributed by atoms with E-state index in [0.717, 1.165) is 0 Å². The second-order valence-electron chi connectivity index (χ2n) is 5.65. The molecule has 13 heteroatoms. The largest absolute Gasteiger partial charge is 1.00 e. The molecule has 4 heterocycles. The van der Waals surface area contributed by atoms with Gasteiger partial charge < -0.3 is 13.9 Å². The molecule has 26 heavy (non-hydrogen) atoms. The number of nitrogens with zero attached hydrogens (tertiary/aromatic N) is 5. The summed E-state index contributed by atoms with van der Waals surface area (Å²) in [6.07, 6.45) is 2.50. The first-order chi connectivity index (χ1) is 11.9. The smallest absolute Gasteiger partial charge is 0.724 e. The molecule has 0 aromatic carbocycles. The first-order valence-electron chi connectivity index (χ1n) is 7.42. The van der Waals surface area contributed by atoms with Gasteiger partial charge in [-0.2, -0.15) is 9.35 Å². The molecular weight excluding hydrogens is 377 g/mol. The molecule has 2 bridgehead atoms. The summed E-state index contributed by atoms with van der Waals surface area (Å²) in [6.45, 7) is 0.209. The molecule has 0 radical (unpaired) electrons. The first-order valence-corrected chi connectivity index (χ1v) is 8.76. The predicted octanol–water partition coefficient (Wildman–Crippen LogP) is -2.53. The van der Waals surface area contributed by atoms with Crippen LogP contribution in [0.5, 0.6) is 0 Å². The summed E-state index contributed by atoms with van der Waals surface area (Å²) in [5.74, 6) is 0.443. The van der Waals surface area contributed by atoms with Gasteiger partial charge in [0.1, 0.15) is 11.7 Å². The van der Waals surface area contributed by atoms with E-state index in [9.17, 15) is 17.8 Å². The molecule has 4 rings (SSSR count). The van der Waals surface area contributed by atoms with Gasteiger partial charge in [0.05, 0.1) is 6.04 Å². The molecule has 2 aromatic heterocycles. The number of urea groups is 1. The van der Waals surface area contributed by atoms with E-state index in [1.807, 2.05) is 0 Å². The molecule has 2 atom stereocenters. The summed E-state index contributed by atoms with van der Waals surface area (Å²) in [5, 5.41) is 8.53. The van der Waals surface area contributed by atoms with Gasteiger partial charge in [0.2, 0.25) is 16.3 Å². The van der Waals surface area contributed by atoms with Crippen molar-refractivity contribution in [1.82, 2.24) is 25.1 Å². The van der Waals surface area contributed by atoms with Crippen LogP contribution in [-0.2, 0) is 14.7 Å². The molecule has 2 amide bonds. The molecule has 0 unspecified atom stereocenters. The van der Waals surface area contributed by atoms with Crippen molar-refractivity contribution in [3.05, 3.63) is 30.3 Å². The Morgan fingerprint density at radius 1 is 1.27 bits per heavy atom. The van der Waals surface area contributed by atoms with E-state index in [2.05, 4.69) is 19.5 Å². The van der Waals surface area contributed by atoms with Crippen molar-refractivity contribution in [2.75, 3.05) is 6.54 Å². The SMILES string of the molecule is O=C1N2C[C@@H](CC[C@H]2c2nnc(-c3ccccn3)o2)N1OS(=O)(=O)[O-].[Na+]. The zero-order chi connectivity index (χ0) is 17.6. The third kappa shape index (κ3) is 3.61. The Morgan fingerprint density at radius 3 is 2.77 bits per heavy atom. The van der Waals surface area contributed by atoms with Gasteiger partial charge >= 0.3 is 35.6 Å². The number of amides is 2. The van der Waals surface area contributed by atoms with Gasteiger partial charge in [-0.1, -0.05) is 6.07 Å². The number of fused-ring (bicyclic) bond motifs is 2. The molecule has 2 aromatic rings. The zero-order valence-electron chi connectivity index (χ0n) is 13.7. The number of rotatable bonds is 4. The Kier molecular flexibility index (Phi) is 5.33. The van der Waals surface area contributed by atoms with Crippen LogP contribution in [0, 0.1) is 0 Å². The Labute approximate surface area is 170 Å². The van der Waals surface area contributed by atoms with Crippen LogP contribution in [0.25, 0.3) is 11.6 Å². The van der Waals surface area contributed by atoms with Crippen LogP contribution >= 0.6 is 0 Å². The summed E-state index contributed by atoms with van der Waals surface area (Å²) in [4.78, 5) is 17.8. The van der Waals surface area contributed by atoms with Crippen LogP contribution in [0.1, 0.15) is 24.8 Å². The third-order valence-corrected chi connectivity index (χ3v) is 4.45. The Balaban J connectivity index is 0.00000196. The van der Waals surface area contributed by atoms with Gasteiger partial charge in [0.25, 0.3) is 5.89 Å². The Bertz CT molecular complexity index is 907. The second-order valence-corrected chi connectivity index (χ2v) is 6.62. The number of pyridine rings is 1. The van der Waals surface area contributed by atoms with E-state index < -0.39 is 28.5 Å². The van der Waals surface area contributed by atoms with Crippen molar-refractivity contribution in [3.63, 3.8) is 0 Å². The van der Waals surface area contributed by atoms with Crippen molar-refractivity contribution < 1.29 is 56.0 Å². The maximum absolute atomic E-state index is 12.3. The maximum Gasteiger partial charge on any atom is 1.00 e. The van der Waals surface area contributed by atoms with Crippen molar-refractivity contribution in [2.45, 2.75) is 24.9 Å². The van der Waals surface area contributed by atoms with Crippen LogP contribution in [0.4, 0.5) is 4.79 Å². The fourth-order valence-electron chi connectivity index (χ4n) is 3.05. The van der Waals surface area contributed by atoms with E-state index in [1.165, 1.54) is 4.90 Å². The average molecular weight is 389 g/mol. The molecule has 0 spiro atoms. The first kappa shape index (κ1) is 19.2. The average Bonchev–Trinajstić information content (AvgIpc) is 3.16. The molecule has 0 saturated carbocycles. The fourth-order valence-corrected chi connectivity index (χ4v) is 3.43. The van der Waals surface area contributed by atoms with Gasteiger partial charge in [-0.25, -0.2) is 13.2 Å². The molecule has 2 aliphatic rings. The van der Waals surface area contributed by atoms with Gasteiger partial charge in [0, 0.05) is 12.7 Å². The molecule has 132 valence electrons. The molecule has 2 aliphatic heterocycles.